The molecule has 1 unspecified atom stereocenters. The third-order valence-corrected chi connectivity index (χ3v) is 3.16. The molecule has 2 rings (SSSR count). The molecule has 7 heteroatoms. The molecule has 0 bridgehead atoms. The minimum atomic E-state index is -4.53. The zero-order valence-corrected chi connectivity index (χ0v) is 12.3. The number of hydrogen-bond donors (Lipinski definition) is 1. The molecule has 0 aliphatic heterocycles. The largest absolute Gasteiger partial charge is 0.416 e. The molecule has 0 aliphatic rings. The van der Waals surface area contributed by atoms with Gasteiger partial charge in [0.1, 0.15) is 0 Å². The Bertz CT molecular complexity index is 726. The molecule has 24 heavy (non-hydrogen) atoms. The Morgan fingerprint density at radius 1 is 1.04 bits per heavy atom. The zero-order valence-electron chi connectivity index (χ0n) is 12.3. The van der Waals surface area contributed by atoms with Crippen LogP contribution in [0.5, 0.6) is 0 Å². The molecule has 0 aromatic heterocycles. The average Bonchev–Trinajstić information content (AvgIpc) is 2.54. The van der Waals surface area contributed by atoms with Gasteiger partial charge in [-0.2, -0.15) is 13.2 Å². The van der Waals surface area contributed by atoms with Crippen molar-refractivity contribution in [2.75, 3.05) is 0 Å². The minimum Gasteiger partial charge on any atom is -0.391 e. The number of rotatable bonds is 4. The van der Waals surface area contributed by atoms with Gasteiger partial charge in [-0.15, -0.1) is 0 Å². The standard InChI is InChI=1S/C17H13F3O4/c18-17(19,20)13-8-4-5-11(9-13)10-14(21)24-16(23)15(22)12-6-2-1-3-7-12/h1-9,15,22H,10H2. The summed E-state index contributed by atoms with van der Waals surface area (Å²) in [6.07, 6.45) is -6.69. The van der Waals surface area contributed by atoms with Crippen molar-refractivity contribution in [1.82, 2.24) is 0 Å². The number of aliphatic hydroxyl groups is 1. The lowest BCUT2D eigenvalue weighted by atomic mass is 10.1. The van der Waals surface area contributed by atoms with Crippen molar-refractivity contribution in [3.05, 3.63) is 71.3 Å². The maximum Gasteiger partial charge on any atom is 0.416 e. The highest BCUT2D eigenvalue weighted by molar-refractivity contribution is 5.89. The minimum absolute atomic E-state index is 0.0526. The van der Waals surface area contributed by atoms with Crippen LogP contribution < -0.4 is 0 Å². The number of esters is 2. The van der Waals surface area contributed by atoms with Gasteiger partial charge in [0.15, 0.2) is 6.10 Å². The Morgan fingerprint density at radius 2 is 1.71 bits per heavy atom. The van der Waals surface area contributed by atoms with Crippen molar-refractivity contribution >= 4 is 11.9 Å². The van der Waals surface area contributed by atoms with Crippen LogP contribution >= 0.6 is 0 Å². The fourth-order valence-electron chi connectivity index (χ4n) is 2.00. The fourth-order valence-corrected chi connectivity index (χ4v) is 2.00. The molecule has 0 saturated carbocycles. The summed E-state index contributed by atoms with van der Waals surface area (Å²) >= 11 is 0. The third kappa shape index (κ3) is 4.66. The molecule has 126 valence electrons. The summed E-state index contributed by atoms with van der Waals surface area (Å²) in [6.45, 7) is 0. The van der Waals surface area contributed by atoms with E-state index in [0.717, 1.165) is 18.2 Å². The smallest absolute Gasteiger partial charge is 0.391 e. The second-order valence-corrected chi connectivity index (χ2v) is 4.98. The van der Waals surface area contributed by atoms with Crippen molar-refractivity contribution < 1.29 is 32.6 Å². The van der Waals surface area contributed by atoms with Crippen LogP contribution in [0, 0.1) is 0 Å². The van der Waals surface area contributed by atoms with E-state index in [1.807, 2.05) is 0 Å². The molecule has 0 spiro atoms. The van der Waals surface area contributed by atoms with Gasteiger partial charge in [0.2, 0.25) is 0 Å². The molecule has 0 heterocycles. The SMILES string of the molecule is O=C(Cc1cccc(C(F)(F)F)c1)OC(=O)C(O)c1ccccc1. The van der Waals surface area contributed by atoms with Gasteiger partial charge in [0.25, 0.3) is 0 Å². The van der Waals surface area contributed by atoms with Crippen molar-refractivity contribution in [1.29, 1.82) is 0 Å². The van der Waals surface area contributed by atoms with Crippen molar-refractivity contribution in [2.45, 2.75) is 18.7 Å². The summed E-state index contributed by atoms with van der Waals surface area (Å²) < 4.78 is 42.3. The highest BCUT2D eigenvalue weighted by Crippen LogP contribution is 2.29. The molecule has 0 amide bonds. The molecule has 0 radical (unpaired) electrons. The van der Waals surface area contributed by atoms with Gasteiger partial charge < -0.3 is 9.84 Å². The number of halogens is 3. The van der Waals surface area contributed by atoms with Crippen LogP contribution in [-0.4, -0.2) is 17.0 Å². The summed E-state index contributed by atoms with van der Waals surface area (Å²) in [5.41, 5.74) is -0.602. The summed E-state index contributed by atoms with van der Waals surface area (Å²) in [7, 11) is 0. The molecular weight excluding hydrogens is 325 g/mol. The summed E-state index contributed by atoms with van der Waals surface area (Å²) in [4.78, 5) is 23.4. The van der Waals surface area contributed by atoms with Crippen LogP contribution in [0.3, 0.4) is 0 Å². The number of alkyl halides is 3. The van der Waals surface area contributed by atoms with Gasteiger partial charge in [0.05, 0.1) is 12.0 Å². The molecule has 2 aromatic carbocycles. The van der Waals surface area contributed by atoms with E-state index in [-0.39, 0.29) is 11.1 Å². The van der Waals surface area contributed by atoms with Gasteiger partial charge in [-0.1, -0.05) is 48.5 Å². The van der Waals surface area contributed by atoms with E-state index in [1.165, 1.54) is 18.2 Å². The first-order valence-electron chi connectivity index (χ1n) is 6.91. The first kappa shape index (κ1) is 17.7. The van der Waals surface area contributed by atoms with Crippen LogP contribution in [0.2, 0.25) is 0 Å². The maximum absolute atomic E-state index is 12.6. The zero-order chi connectivity index (χ0) is 17.7. The van der Waals surface area contributed by atoms with Crippen molar-refractivity contribution in [2.24, 2.45) is 0 Å². The monoisotopic (exact) mass is 338 g/mol. The average molecular weight is 338 g/mol. The third-order valence-electron chi connectivity index (χ3n) is 3.16. The van der Waals surface area contributed by atoms with Gasteiger partial charge in [0, 0.05) is 0 Å². The lowest BCUT2D eigenvalue weighted by Crippen LogP contribution is -2.21. The lowest BCUT2D eigenvalue weighted by molar-refractivity contribution is -0.165. The number of carbonyl (C=O) groups is 2. The Morgan fingerprint density at radius 3 is 2.33 bits per heavy atom. The quantitative estimate of drug-likeness (QED) is 0.687. The highest BCUT2D eigenvalue weighted by Gasteiger charge is 2.30. The molecule has 2 aromatic rings. The van der Waals surface area contributed by atoms with E-state index in [0.29, 0.717) is 0 Å². The van der Waals surface area contributed by atoms with Crippen molar-refractivity contribution in [3.8, 4) is 0 Å². The first-order valence-corrected chi connectivity index (χ1v) is 6.91. The molecule has 1 atom stereocenters. The topological polar surface area (TPSA) is 63.6 Å². The molecular formula is C17H13F3O4. The molecule has 1 N–H and O–H groups in total. The van der Waals surface area contributed by atoms with Crippen LogP contribution in [0.1, 0.15) is 22.8 Å². The summed E-state index contributed by atoms with van der Waals surface area (Å²) in [5.74, 6) is -2.23. The molecule has 4 nitrogen and oxygen atoms in total. The number of aliphatic hydroxyl groups excluding tert-OH is 1. The van der Waals surface area contributed by atoms with E-state index in [4.69, 9.17) is 0 Å². The van der Waals surface area contributed by atoms with Gasteiger partial charge >= 0.3 is 18.1 Å². The molecule has 0 fully saturated rings. The Balaban J connectivity index is 1.99. The number of carbonyl (C=O) groups excluding carboxylic acids is 2. The van der Waals surface area contributed by atoms with Gasteiger partial charge in [-0.25, -0.2) is 4.79 Å². The maximum atomic E-state index is 12.6. The van der Waals surface area contributed by atoms with Gasteiger partial charge in [-0.3, -0.25) is 4.79 Å². The second kappa shape index (κ2) is 7.27. The number of hydrogen-bond acceptors (Lipinski definition) is 4. The molecule has 0 aliphatic carbocycles. The Labute approximate surface area is 135 Å². The van der Waals surface area contributed by atoms with E-state index in [2.05, 4.69) is 4.74 Å². The lowest BCUT2D eigenvalue weighted by Gasteiger charge is -2.10. The predicted octanol–water partition coefficient (Wildman–Crippen LogP) is 3.05. The van der Waals surface area contributed by atoms with Crippen LogP contribution in [0.15, 0.2) is 54.6 Å². The van der Waals surface area contributed by atoms with Gasteiger partial charge in [-0.05, 0) is 17.2 Å². The second-order valence-electron chi connectivity index (χ2n) is 4.98. The normalized spacial score (nSPS) is 12.5. The summed E-state index contributed by atoms with van der Waals surface area (Å²) in [6, 6.07) is 12.0. The van der Waals surface area contributed by atoms with E-state index >= 15 is 0 Å². The van der Waals surface area contributed by atoms with Crippen LogP contribution in [0.25, 0.3) is 0 Å². The number of ether oxygens (including phenoxy) is 1. The van der Waals surface area contributed by atoms with Crippen LogP contribution in [-0.2, 0) is 26.9 Å². The fraction of sp³-hybridized carbons (Fsp3) is 0.176. The first-order chi connectivity index (χ1) is 11.3. The van der Waals surface area contributed by atoms with E-state index in [1.54, 1.807) is 18.2 Å². The predicted molar refractivity (Wildman–Crippen MR) is 77.6 cm³/mol. The van der Waals surface area contributed by atoms with E-state index < -0.39 is 36.2 Å². The highest BCUT2D eigenvalue weighted by atomic mass is 19.4. The Kier molecular flexibility index (Phi) is 5.35. The van der Waals surface area contributed by atoms with Crippen molar-refractivity contribution in [3.63, 3.8) is 0 Å². The Hall–Kier alpha value is -2.67. The van der Waals surface area contributed by atoms with Crippen LogP contribution in [0.4, 0.5) is 13.2 Å². The molecule has 0 saturated heterocycles. The summed E-state index contributed by atoms with van der Waals surface area (Å²) in [5, 5.41) is 9.78. The number of benzene rings is 2. The van der Waals surface area contributed by atoms with E-state index in [9.17, 15) is 27.9 Å².